The smallest absolute Gasteiger partial charge is 0.175 e. The third-order valence-corrected chi connectivity index (χ3v) is 4.00. The van der Waals surface area contributed by atoms with Gasteiger partial charge in [0.1, 0.15) is 0 Å². The summed E-state index contributed by atoms with van der Waals surface area (Å²) in [5.74, 6) is 0. The highest BCUT2D eigenvalue weighted by Gasteiger charge is 2.04. The zero-order valence-electron chi connectivity index (χ0n) is 13.8. The first kappa shape index (κ1) is 16.2. The molecule has 0 aliphatic heterocycles. The summed E-state index contributed by atoms with van der Waals surface area (Å²) in [6.07, 6.45) is 3.73. The Labute approximate surface area is 147 Å². The van der Waals surface area contributed by atoms with Crippen molar-refractivity contribution < 1.29 is 0 Å². The summed E-state index contributed by atoms with van der Waals surface area (Å²) in [6.45, 7) is 4.91. The van der Waals surface area contributed by atoms with E-state index in [0.717, 1.165) is 17.9 Å². The van der Waals surface area contributed by atoms with Crippen molar-refractivity contribution >= 4 is 28.7 Å². The molecule has 5 heteroatoms. The van der Waals surface area contributed by atoms with Gasteiger partial charge >= 0.3 is 0 Å². The summed E-state index contributed by atoms with van der Waals surface area (Å²) >= 11 is 5.35. The molecule has 24 heavy (non-hydrogen) atoms. The number of aromatic nitrogens is 2. The van der Waals surface area contributed by atoms with Crippen LogP contribution in [-0.2, 0) is 6.54 Å². The van der Waals surface area contributed by atoms with Crippen LogP contribution in [0.15, 0.2) is 60.9 Å². The van der Waals surface area contributed by atoms with Gasteiger partial charge < -0.3 is 10.6 Å². The number of nitrogens with zero attached hydrogens (tertiary/aromatic N) is 2. The minimum absolute atomic E-state index is 0.550. The Morgan fingerprint density at radius 2 is 1.71 bits per heavy atom. The SMILES string of the molecule is Cc1ccc(NC(=S)Nc2cnn(Cc3ccccc3C)c2)cc1. The Morgan fingerprint density at radius 1 is 1.00 bits per heavy atom. The molecule has 0 saturated heterocycles. The summed E-state index contributed by atoms with van der Waals surface area (Å²) in [5.41, 5.74) is 5.57. The van der Waals surface area contributed by atoms with Gasteiger partial charge in [-0.2, -0.15) is 5.10 Å². The van der Waals surface area contributed by atoms with Crippen LogP contribution in [0.25, 0.3) is 0 Å². The molecule has 1 heterocycles. The van der Waals surface area contributed by atoms with Crippen LogP contribution in [0.1, 0.15) is 16.7 Å². The molecule has 0 radical (unpaired) electrons. The average Bonchev–Trinajstić information content (AvgIpc) is 2.99. The lowest BCUT2D eigenvalue weighted by Gasteiger charge is -2.09. The molecule has 0 aliphatic carbocycles. The highest BCUT2D eigenvalue weighted by molar-refractivity contribution is 7.80. The van der Waals surface area contributed by atoms with Crippen LogP contribution in [0.5, 0.6) is 0 Å². The molecule has 122 valence electrons. The lowest BCUT2D eigenvalue weighted by molar-refractivity contribution is 0.684. The molecule has 0 unspecified atom stereocenters. The third-order valence-electron chi connectivity index (χ3n) is 3.79. The second kappa shape index (κ2) is 7.27. The number of rotatable bonds is 4. The number of anilines is 2. The van der Waals surface area contributed by atoms with E-state index in [9.17, 15) is 0 Å². The Kier molecular flexibility index (Phi) is 4.91. The third kappa shape index (κ3) is 4.20. The van der Waals surface area contributed by atoms with Crippen molar-refractivity contribution in [2.24, 2.45) is 0 Å². The molecule has 0 amide bonds. The van der Waals surface area contributed by atoms with Gasteiger partial charge in [0, 0.05) is 11.9 Å². The molecule has 1 aromatic heterocycles. The van der Waals surface area contributed by atoms with E-state index in [0.29, 0.717) is 5.11 Å². The van der Waals surface area contributed by atoms with Gasteiger partial charge in [0.2, 0.25) is 0 Å². The standard InChI is InChI=1S/C19H20N4S/c1-14-7-9-17(10-8-14)21-19(24)22-18-11-20-23(13-18)12-16-6-4-3-5-15(16)2/h3-11,13H,12H2,1-2H3,(H2,21,22,24). The van der Waals surface area contributed by atoms with Gasteiger partial charge in [0.05, 0.1) is 18.4 Å². The lowest BCUT2D eigenvalue weighted by atomic mass is 10.1. The second-order valence-corrected chi connectivity index (χ2v) is 6.21. The summed E-state index contributed by atoms with van der Waals surface area (Å²) in [6, 6.07) is 16.4. The molecule has 2 aromatic carbocycles. The summed E-state index contributed by atoms with van der Waals surface area (Å²) in [7, 11) is 0. The minimum Gasteiger partial charge on any atom is -0.332 e. The van der Waals surface area contributed by atoms with Gasteiger partial charge in [-0.05, 0) is 49.3 Å². The number of benzene rings is 2. The number of hydrogen-bond donors (Lipinski definition) is 2. The molecule has 4 nitrogen and oxygen atoms in total. The zero-order valence-corrected chi connectivity index (χ0v) is 14.6. The highest BCUT2D eigenvalue weighted by Crippen LogP contribution is 2.13. The normalized spacial score (nSPS) is 10.4. The van der Waals surface area contributed by atoms with Gasteiger partial charge in [-0.15, -0.1) is 0 Å². The van der Waals surface area contributed by atoms with Crippen LogP contribution in [0.3, 0.4) is 0 Å². The Hall–Kier alpha value is -2.66. The fourth-order valence-corrected chi connectivity index (χ4v) is 2.64. The quantitative estimate of drug-likeness (QED) is 0.695. The van der Waals surface area contributed by atoms with Crippen molar-refractivity contribution in [3.63, 3.8) is 0 Å². The lowest BCUT2D eigenvalue weighted by Crippen LogP contribution is -2.18. The van der Waals surface area contributed by atoms with E-state index < -0.39 is 0 Å². The van der Waals surface area contributed by atoms with Crippen molar-refractivity contribution in [1.82, 2.24) is 9.78 Å². The first-order valence-corrected chi connectivity index (χ1v) is 8.22. The number of thiocarbonyl (C=S) groups is 1. The molecule has 0 atom stereocenters. The molecular formula is C19H20N4S. The van der Waals surface area contributed by atoms with Crippen molar-refractivity contribution in [3.05, 3.63) is 77.6 Å². The molecule has 0 saturated carbocycles. The Morgan fingerprint density at radius 3 is 2.46 bits per heavy atom. The predicted octanol–water partition coefficient (Wildman–Crippen LogP) is 4.36. The van der Waals surface area contributed by atoms with Gasteiger partial charge in [0.25, 0.3) is 0 Å². The van der Waals surface area contributed by atoms with E-state index in [1.807, 2.05) is 47.3 Å². The maximum Gasteiger partial charge on any atom is 0.175 e. The van der Waals surface area contributed by atoms with Crippen molar-refractivity contribution in [3.8, 4) is 0 Å². The molecule has 2 N–H and O–H groups in total. The van der Waals surface area contributed by atoms with E-state index in [2.05, 4.69) is 41.7 Å². The van der Waals surface area contributed by atoms with Crippen LogP contribution in [0.2, 0.25) is 0 Å². The Bertz CT molecular complexity index is 837. The van der Waals surface area contributed by atoms with Crippen molar-refractivity contribution in [2.75, 3.05) is 10.6 Å². The predicted molar refractivity (Wildman–Crippen MR) is 104 cm³/mol. The van der Waals surface area contributed by atoms with Crippen LogP contribution in [-0.4, -0.2) is 14.9 Å². The monoisotopic (exact) mass is 336 g/mol. The van der Waals surface area contributed by atoms with E-state index >= 15 is 0 Å². The molecule has 0 fully saturated rings. The van der Waals surface area contributed by atoms with Crippen molar-refractivity contribution in [2.45, 2.75) is 20.4 Å². The fraction of sp³-hybridized carbons (Fsp3) is 0.158. The van der Waals surface area contributed by atoms with Crippen LogP contribution < -0.4 is 10.6 Å². The molecule has 0 bridgehead atoms. The molecule has 0 aliphatic rings. The minimum atomic E-state index is 0.550. The maximum atomic E-state index is 5.35. The van der Waals surface area contributed by atoms with E-state index in [1.54, 1.807) is 6.20 Å². The fourth-order valence-electron chi connectivity index (χ4n) is 2.41. The highest BCUT2D eigenvalue weighted by atomic mass is 32.1. The average molecular weight is 336 g/mol. The topological polar surface area (TPSA) is 41.9 Å². The molecule has 3 rings (SSSR count). The second-order valence-electron chi connectivity index (χ2n) is 5.80. The van der Waals surface area contributed by atoms with E-state index in [-0.39, 0.29) is 0 Å². The van der Waals surface area contributed by atoms with Crippen LogP contribution >= 0.6 is 12.2 Å². The van der Waals surface area contributed by atoms with E-state index in [4.69, 9.17) is 12.2 Å². The first-order chi connectivity index (χ1) is 11.6. The molecular weight excluding hydrogens is 316 g/mol. The number of hydrogen-bond acceptors (Lipinski definition) is 2. The summed E-state index contributed by atoms with van der Waals surface area (Å²) in [4.78, 5) is 0. The van der Waals surface area contributed by atoms with Gasteiger partial charge in [-0.1, -0.05) is 42.0 Å². The largest absolute Gasteiger partial charge is 0.332 e. The summed E-state index contributed by atoms with van der Waals surface area (Å²) in [5, 5.41) is 11.3. The summed E-state index contributed by atoms with van der Waals surface area (Å²) < 4.78 is 1.90. The van der Waals surface area contributed by atoms with Crippen molar-refractivity contribution in [1.29, 1.82) is 0 Å². The molecule has 3 aromatic rings. The zero-order chi connectivity index (χ0) is 16.9. The van der Waals surface area contributed by atoms with Gasteiger partial charge in [0.15, 0.2) is 5.11 Å². The Balaban J connectivity index is 1.60. The van der Waals surface area contributed by atoms with Gasteiger partial charge in [-0.3, -0.25) is 4.68 Å². The van der Waals surface area contributed by atoms with E-state index in [1.165, 1.54) is 16.7 Å². The van der Waals surface area contributed by atoms with Gasteiger partial charge in [-0.25, -0.2) is 0 Å². The maximum absolute atomic E-state index is 5.35. The van der Waals surface area contributed by atoms with Crippen LogP contribution in [0.4, 0.5) is 11.4 Å². The number of aryl methyl sites for hydroxylation is 2. The number of nitrogens with one attached hydrogen (secondary N) is 2. The van der Waals surface area contributed by atoms with Crippen LogP contribution in [0, 0.1) is 13.8 Å². The first-order valence-electron chi connectivity index (χ1n) is 7.82. The molecule has 0 spiro atoms.